The number of fused-ring (bicyclic) bond motifs is 1. The fourth-order valence-corrected chi connectivity index (χ4v) is 3.38. The van der Waals surface area contributed by atoms with Crippen molar-refractivity contribution < 1.29 is 0 Å². The maximum absolute atomic E-state index is 12.8. The molecule has 0 saturated carbocycles. The number of H-pyrrole nitrogens is 1. The van der Waals surface area contributed by atoms with Crippen LogP contribution in [0.15, 0.2) is 59.5 Å². The van der Waals surface area contributed by atoms with Gasteiger partial charge in [-0.15, -0.1) is 0 Å². The van der Waals surface area contributed by atoms with Crippen LogP contribution in [-0.4, -0.2) is 15.0 Å². The van der Waals surface area contributed by atoms with Crippen LogP contribution in [0.4, 0.5) is 11.6 Å². The molecule has 0 aliphatic carbocycles. The lowest BCUT2D eigenvalue weighted by molar-refractivity contribution is 1.14. The van der Waals surface area contributed by atoms with Crippen molar-refractivity contribution in [3.8, 4) is 11.1 Å². The predicted molar refractivity (Wildman–Crippen MR) is 110 cm³/mol. The summed E-state index contributed by atoms with van der Waals surface area (Å²) in [5.41, 5.74) is 3.56. The Hall–Kier alpha value is -2.89. The lowest BCUT2D eigenvalue weighted by atomic mass is 10.0. The molecule has 0 amide bonds. The second-order valence-electron chi connectivity index (χ2n) is 6.12. The van der Waals surface area contributed by atoms with E-state index in [0.717, 1.165) is 16.7 Å². The van der Waals surface area contributed by atoms with Crippen molar-refractivity contribution in [1.82, 2.24) is 15.0 Å². The van der Waals surface area contributed by atoms with E-state index in [1.165, 1.54) is 0 Å². The van der Waals surface area contributed by atoms with Crippen molar-refractivity contribution in [1.29, 1.82) is 0 Å². The molecule has 2 aromatic heterocycles. The largest absolute Gasteiger partial charge is 0.326 e. The standard InChI is InChI=1S/C20H14Cl2N4O/c1-11-2-4-12(5-3-11)16-6-7-23-18-17(16)19(27)26-20(25-18)24-15-9-13(21)8-14(22)10-15/h2-10H,1H3,(H2,23,24,25,26,27). The first-order valence-corrected chi connectivity index (χ1v) is 8.94. The first kappa shape index (κ1) is 17.5. The summed E-state index contributed by atoms with van der Waals surface area (Å²) in [6, 6.07) is 14.8. The molecule has 0 radical (unpaired) electrons. The molecule has 0 aliphatic heterocycles. The first-order chi connectivity index (χ1) is 13.0. The maximum Gasteiger partial charge on any atom is 0.262 e. The van der Waals surface area contributed by atoms with Crippen molar-refractivity contribution in [3.05, 3.63) is 80.7 Å². The summed E-state index contributed by atoms with van der Waals surface area (Å²) < 4.78 is 0. The van der Waals surface area contributed by atoms with E-state index in [1.807, 2.05) is 37.3 Å². The molecule has 2 N–H and O–H groups in total. The number of benzene rings is 2. The SMILES string of the molecule is Cc1ccc(-c2ccnc3nc(Nc4cc(Cl)cc(Cl)c4)[nH]c(=O)c23)cc1. The number of hydrogen-bond donors (Lipinski definition) is 2. The van der Waals surface area contributed by atoms with Gasteiger partial charge in [0.25, 0.3) is 5.56 Å². The van der Waals surface area contributed by atoms with Gasteiger partial charge in [-0.3, -0.25) is 9.78 Å². The average Bonchev–Trinajstić information content (AvgIpc) is 2.61. The van der Waals surface area contributed by atoms with Gasteiger partial charge in [-0.05, 0) is 42.3 Å². The zero-order chi connectivity index (χ0) is 19.0. The van der Waals surface area contributed by atoms with Gasteiger partial charge in [-0.25, -0.2) is 4.98 Å². The fraction of sp³-hybridized carbons (Fsp3) is 0.0500. The second kappa shape index (κ2) is 7.02. The van der Waals surface area contributed by atoms with Crippen LogP contribution in [-0.2, 0) is 0 Å². The Kier molecular flexibility index (Phi) is 4.56. The lowest BCUT2D eigenvalue weighted by Gasteiger charge is -2.09. The molecule has 134 valence electrons. The minimum absolute atomic E-state index is 0.263. The Morgan fingerprint density at radius 3 is 2.41 bits per heavy atom. The van der Waals surface area contributed by atoms with E-state index < -0.39 is 0 Å². The number of anilines is 2. The summed E-state index contributed by atoms with van der Waals surface area (Å²) in [4.78, 5) is 24.2. The molecule has 0 unspecified atom stereocenters. The number of halogens is 2. The van der Waals surface area contributed by atoms with E-state index in [-0.39, 0.29) is 11.5 Å². The molecule has 2 heterocycles. The van der Waals surface area contributed by atoms with Crippen LogP contribution in [0, 0.1) is 6.92 Å². The highest BCUT2D eigenvalue weighted by Crippen LogP contribution is 2.27. The molecule has 0 spiro atoms. The summed E-state index contributed by atoms with van der Waals surface area (Å²) >= 11 is 12.0. The van der Waals surface area contributed by atoms with Gasteiger partial charge in [0.1, 0.15) is 0 Å². The molecule has 7 heteroatoms. The van der Waals surface area contributed by atoms with Crippen molar-refractivity contribution in [3.63, 3.8) is 0 Å². The maximum atomic E-state index is 12.8. The van der Waals surface area contributed by atoms with E-state index in [9.17, 15) is 4.79 Å². The zero-order valence-corrected chi connectivity index (χ0v) is 15.8. The van der Waals surface area contributed by atoms with Crippen LogP contribution in [0.1, 0.15) is 5.56 Å². The van der Waals surface area contributed by atoms with Gasteiger partial charge >= 0.3 is 0 Å². The smallest absolute Gasteiger partial charge is 0.262 e. The molecular weight excluding hydrogens is 383 g/mol. The topological polar surface area (TPSA) is 70.7 Å². The first-order valence-electron chi connectivity index (χ1n) is 8.19. The number of rotatable bonds is 3. The molecule has 5 nitrogen and oxygen atoms in total. The molecule has 2 aromatic carbocycles. The number of pyridine rings is 1. The molecule has 0 atom stereocenters. The Labute approximate surface area is 165 Å². The molecule has 0 bridgehead atoms. The molecule has 27 heavy (non-hydrogen) atoms. The normalized spacial score (nSPS) is 10.9. The fourth-order valence-electron chi connectivity index (χ4n) is 2.86. The molecule has 0 aliphatic rings. The number of aromatic nitrogens is 3. The van der Waals surface area contributed by atoms with Gasteiger partial charge in [-0.1, -0.05) is 53.0 Å². The van der Waals surface area contributed by atoms with Gasteiger partial charge < -0.3 is 5.32 Å². The van der Waals surface area contributed by atoms with Gasteiger partial charge in [0.2, 0.25) is 5.95 Å². The minimum atomic E-state index is -0.278. The highest BCUT2D eigenvalue weighted by Gasteiger charge is 2.12. The third kappa shape index (κ3) is 3.65. The van der Waals surface area contributed by atoms with Crippen LogP contribution in [0.3, 0.4) is 0 Å². The quantitative estimate of drug-likeness (QED) is 0.489. The molecule has 0 fully saturated rings. The van der Waals surface area contributed by atoms with Crippen molar-refractivity contribution in [2.45, 2.75) is 6.92 Å². The molecule has 4 rings (SSSR count). The Morgan fingerprint density at radius 1 is 1.00 bits per heavy atom. The predicted octanol–water partition coefficient (Wildman–Crippen LogP) is 5.34. The Balaban J connectivity index is 1.81. The number of aryl methyl sites for hydroxylation is 1. The van der Waals surface area contributed by atoms with Crippen LogP contribution in [0.5, 0.6) is 0 Å². The summed E-state index contributed by atoms with van der Waals surface area (Å²) in [6.45, 7) is 2.02. The van der Waals surface area contributed by atoms with Crippen LogP contribution < -0.4 is 10.9 Å². The third-order valence-electron chi connectivity index (χ3n) is 4.10. The Morgan fingerprint density at radius 2 is 1.70 bits per heavy atom. The number of nitrogens with one attached hydrogen (secondary N) is 2. The molecule has 4 aromatic rings. The van der Waals surface area contributed by atoms with Gasteiger partial charge in [-0.2, -0.15) is 4.98 Å². The van der Waals surface area contributed by atoms with Crippen molar-refractivity contribution >= 4 is 45.9 Å². The Bertz CT molecular complexity index is 1180. The van der Waals surface area contributed by atoms with E-state index in [2.05, 4.69) is 20.3 Å². The summed E-state index contributed by atoms with van der Waals surface area (Å²) in [5.74, 6) is 0.263. The van der Waals surface area contributed by atoms with Gasteiger partial charge in [0.05, 0.1) is 5.39 Å². The number of nitrogens with zero attached hydrogens (tertiary/aromatic N) is 2. The second-order valence-corrected chi connectivity index (χ2v) is 6.99. The third-order valence-corrected chi connectivity index (χ3v) is 4.53. The van der Waals surface area contributed by atoms with E-state index in [4.69, 9.17) is 23.2 Å². The van der Waals surface area contributed by atoms with E-state index >= 15 is 0 Å². The average molecular weight is 397 g/mol. The van der Waals surface area contributed by atoms with Crippen LogP contribution >= 0.6 is 23.2 Å². The number of aromatic amines is 1. The summed E-state index contributed by atoms with van der Waals surface area (Å²) in [7, 11) is 0. The molecule has 0 saturated heterocycles. The highest BCUT2D eigenvalue weighted by atomic mass is 35.5. The number of hydrogen-bond acceptors (Lipinski definition) is 4. The lowest BCUT2D eigenvalue weighted by Crippen LogP contribution is -2.13. The van der Waals surface area contributed by atoms with Crippen molar-refractivity contribution in [2.24, 2.45) is 0 Å². The summed E-state index contributed by atoms with van der Waals surface area (Å²) in [6.07, 6.45) is 1.64. The van der Waals surface area contributed by atoms with Gasteiger partial charge in [0, 0.05) is 21.9 Å². The highest BCUT2D eigenvalue weighted by molar-refractivity contribution is 6.35. The zero-order valence-electron chi connectivity index (χ0n) is 14.3. The molecular formula is C20H14Cl2N4O. The summed E-state index contributed by atoms with van der Waals surface area (Å²) in [5, 5.41) is 4.41. The van der Waals surface area contributed by atoms with E-state index in [1.54, 1.807) is 24.4 Å². The van der Waals surface area contributed by atoms with Crippen molar-refractivity contribution in [2.75, 3.05) is 5.32 Å². The minimum Gasteiger partial charge on any atom is -0.326 e. The monoisotopic (exact) mass is 396 g/mol. The van der Waals surface area contributed by atoms with Gasteiger partial charge in [0.15, 0.2) is 5.65 Å². The van der Waals surface area contributed by atoms with Crippen LogP contribution in [0.25, 0.3) is 22.2 Å². The van der Waals surface area contributed by atoms with E-state index in [0.29, 0.717) is 26.8 Å². The van der Waals surface area contributed by atoms with Crippen LogP contribution in [0.2, 0.25) is 10.0 Å².